The Balaban J connectivity index is 2.69. The fourth-order valence-corrected chi connectivity index (χ4v) is 6.59. The molecule has 0 aliphatic carbocycles. The van der Waals surface area contributed by atoms with Gasteiger partial charge in [-0.3, -0.25) is 24.0 Å². The van der Waals surface area contributed by atoms with Crippen LogP contribution in [-0.4, -0.2) is 111 Å². The number of hydrogen-bond acceptors (Lipinski definition) is 14. The molecule has 16 nitrogen and oxygen atoms in total. The van der Waals surface area contributed by atoms with Crippen molar-refractivity contribution in [3.05, 3.63) is 0 Å². The van der Waals surface area contributed by atoms with Gasteiger partial charge in [-0.15, -0.1) is 0 Å². The van der Waals surface area contributed by atoms with Crippen LogP contribution in [0.4, 0.5) is 0 Å². The highest BCUT2D eigenvalue weighted by atomic mass is 31.2. The summed E-state index contributed by atoms with van der Waals surface area (Å²) in [6.45, 7) is 12.9. The van der Waals surface area contributed by atoms with Gasteiger partial charge in [-0.05, 0) is 32.6 Å². The van der Waals surface area contributed by atoms with Gasteiger partial charge < -0.3 is 43.4 Å². The number of esters is 3. The van der Waals surface area contributed by atoms with Crippen molar-refractivity contribution in [1.82, 2.24) is 15.3 Å². The molecule has 0 radical (unpaired) electrons. The highest BCUT2D eigenvalue weighted by molar-refractivity contribution is 7.44. The van der Waals surface area contributed by atoms with Gasteiger partial charge in [-0.2, -0.15) is 5.26 Å². The lowest BCUT2D eigenvalue weighted by Crippen LogP contribution is -2.66. The Morgan fingerprint density at radius 2 is 1.57 bits per heavy atom. The molecule has 0 saturated carbocycles. The normalized spacial score (nSPS) is 21.6. The molecule has 0 aromatic carbocycles. The first kappa shape index (κ1) is 44.1. The Bertz CT molecular complexity index is 1070. The minimum absolute atomic E-state index is 0.125. The molecule has 1 heterocycles. The lowest BCUT2D eigenvalue weighted by molar-refractivity contribution is -0.277. The van der Waals surface area contributed by atoms with Gasteiger partial charge >= 0.3 is 17.9 Å². The average molecular weight is 719 g/mol. The van der Waals surface area contributed by atoms with Crippen LogP contribution in [0.5, 0.6) is 0 Å². The van der Waals surface area contributed by atoms with E-state index in [1.54, 1.807) is 0 Å². The molecule has 17 heteroatoms. The molecule has 2 amide bonds. The Labute approximate surface area is 291 Å². The molecule has 0 aromatic heterocycles. The van der Waals surface area contributed by atoms with Gasteiger partial charge in [-0.1, -0.05) is 20.3 Å². The van der Waals surface area contributed by atoms with Crippen molar-refractivity contribution in [2.45, 2.75) is 130 Å². The third-order valence-corrected chi connectivity index (χ3v) is 8.67. The molecule has 7 atom stereocenters. The highest BCUT2D eigenvalue weighted by Gasteiger charge is 2.51. The number of amides is 2. The predicted molar refractivity (Wildman–Crippen MR) is 177 cm³/mol. The van der Waals surface area contributed by atoms with Gasteiger partial charge in [0.1, 0.15) is 18.8 Å². The maximum atomic E-state index is 12.5. The van der Waals surface area contributed by atoms with Gasteiger partial charge in [-0.25, -0.2) is 4.67 Å². The van der Waals surface area contributed by atoms with E-state index in [1.807, 2.05) is 6.92 Å². The molecule has 280 valence electrons. The molecule has 0 spiro atoms. The third kappa shape index (κ3) is 18.6. The van der Waals surface area contributed by atoms with Crippen molar-refractivity contribution >= 4 is 38.2 Å². The first-order chi connectivity index (χ1) is 23.3. The van der Waals surface area contributed by atoms with Gasteiger partial charge in [0.15, 0.2) is 18.5 Å². The van der Waals surface area contributed by atoms with Crippen LogP contribution < -0.4 is 10.6 Å². The van der Waals surface area contributed by atoms with Crippen molar-refractivity contribution < 1.29 is 56.7 Å². The number of rotatable bonds is 24. The summed E-state index contributed by atoms with van der Waals surface area (Å²) in [6.07, 6.45) is -0.685. The van der Waals surface area contributed by atoms with E-state index in [1.165, 1.54) is 27.7 Å². The number of nitrogens with one attached hydrogen (secondary N) is 2. The maximum absolute atomic E-state index is 12.5. The molecule has 1 aliphatic rings. The predicted octanol–water partition coefficient (Wildman–Crippen LogP) is 3.02. The second-order valence-corrected chi connectivity index (χ2v) is 13.1. The molecule has 0 bridgehead atoms. The van der Waals surface area contributed by atoms with E-state index >= 15 is 0 Å². The zero-order chi connectivity index (χ0) is 36.8. The molecule has 0 aromatic rings. The van der Waals surface area contributed by atoms with Gasteiger partial charge in [0, 0.05) is 60.4 Å². The number of unbranched alkanes of at least 4 members (excludes halogenated alkanes) is 2. The van der Waals surface area contributed by atoms with E-state index in [0.717, 1.165) is 25.9 Å². The van der Waals surface area contributed by atoms with Gasteiger partial charge in [0.05, 0.1) is 25.2 Å². The maximum Gasteiger partial charge on any atom is 0.303 e. The van der Waals surface area contributed by atoms with Crippen LogP contribution >= 0.6 is 8.53 Å². The Morgan fingerprint density at radius 1 is 0.918 bits per heavy atom. The van der Waals surface area contributed by atoms with Crippen molar-refractivity contribution in [2.75, 3.05) is 39.5 Å². The minimum Gasteiger partial charge on any atom is -0.463 e. The topological polar surface area (TPSA) is 201 Å². The molecule has 1 fully saturated rings. The zero-order valence-corrected chi connectivity index (χ0v) is 30.8. The summed E-state index contributed by atoms with van der Waals surface area (Å²) in [5.41, 5.74) is 0. The lowest BCUT2D eigenvalue weighted by atomic mass is 9.96. The van der Waals surface area contributed by atoms with Gasteiger partial charge in [0.2, 0.25) is 11.8 Å². The molecule has 2 N–H and O–H groups in total. The minimum atomic E-state index is -1.36. The molecule has 49 heavy (non-hydrogen) atoms. The van der Waals surface area contributed by atoms with E-state index < -0.39 is 63.0 Å². The standard InChI is InChI=1S/C32H55N4O12P/c1-8-16-36(17-9-2)49(44-19-13-15-33)48-22(3)20-34-28(41)14-11-10-12-18-42-32-29(35-23(4)37)31(46-26(7)40)30(45-25(6)39)27(47-32)21-43-24(5)38/h22,27,29-32H,8-14,16-21H2,1-7H3,(H,34,41)(H,35,37)/t22?,27?,29-,30?,31?,32?,49?/m0/s1. The highest BCUT2D eigenvalue weighted by Crippen LogP contribution is 2.44. The van der Waals surface area contributed by atoms with Crippen molar-refractivity contribution in [1.29, 1.82) is 5.26 Å². The zero-order valence-electron chi connectivity index (χ0n) is 29.9. The number of hydrogen-bond donors (Lipinski definition) is 2. The van der Waals surface area contributed by atoms with Gasteiger partial charge in [0.25, 0.3) is 8.53 Å². The number of carbonyl (C=O) groups excluding carboxylic acids is 5. The SMILES string of the molecule is CCCN(CCC)P(OCCC#N)OC(C)CNC(=O)CCCCCOC1OC(COC(C)=O)C(OC(C)=O)C(OC(C)=O)[C@@H]1NC(C)=O. The van der Waals surface area contributed by atoms with Crippen molar-refractivity contribution in [3.63, 3.8) is 0 Å². The number of carbonyl (C=O) groups is 5. The second kappa shape index (κ2) is 25.1. The van der Waals surface area contributed by atoms with Crippen LogP contribution in [0.1, 0.15) is 93.4 Å². The first-order valence-corrected chi connectivity index (χ1v) is 18.0. The van der Waals surface area contributed by atoms with Crippen LogP contribution in [0.2, 0.25) is 0 Å². The van der Waals surface area contributed by atoms with Crippen LogP contribution in [0.25, 0.3) is 0 Å². The number of ether oxygens (including phenoxy) is 5. The van der Waals surface area contributed by atoms with E-state index in [2.05, 4.69) is 35.2 Å². The summed E-state index contributed by atoms with van der Waals surface area (Å²) in [5.74, 6) is -2.57. The monoisotopic (exact) mass is 718 g/mol. The van der Waals surface area contributed by atoms with Crippen molar-refractivity contribution in [2.24, 2.45) is 0 Å². The smallest absolute Gasteiger partial charge is 0.303 e. The quantitative estimate of drug-likeness (QED) is 0.0638. The Kier molecular flexibility index (Phi) is 22.6. The molecule has 1 aliphatic heterocycles. The summed E-state index contributed by atoms with van der Waals surface area (Å²) < 4.78 is 42.1. The summed E-state index contributed by atoms with van der Waals surface area (Å²) in [4.78, 5) is 60.0. The van der Waals surface area contributed by atoms with E-state index in [-0.39, 0.29) is 44.7 Å². The molecular weight excluding hydrogens is 663 g/mol. The number of nitrogens with zero attached hydrogens (tertiary/aromatic N) is 2. The van der Waals surface area contributed by atoms with Crippen LogP contribution in [-0.2, 0) is 56.7 Å². The van der Waals surface area contributed by atoms with Crippen molar-refractivity contribution in [3.8, 4) is 6.07 Å². The van der Waals surface area contributed by atoms with Crippen LogP contribution in [0.3, 0.4) is 0 Å². The van der Waals surface area contributed by atoms with Crippen LogP contribution in [0.15, 0.2) is 0 Å². The lowest BCUT2D eigenvalue weighted by Gasteiger charge is -2.44. The number of nitriles is 1. The average Bonchev–Trinajstić information content (AvgIpc) is 3.02. The van der Waals surface area contributed by atoms with E-state index in [9.17, 15) is 24.0 Å². The fraction of sp³-hybridized carbons (Fsp3) is 0.812. The molecule has 6 unspecified atom stereocenters. The summed E-state index contributed by atoms with van der Waals surface area (Å²) in [7, 11) is -1.36. The summed E-state index contributed by atoms with van der Waals surface area (Å²) in [5, 5.41) is 14.4. The summed E-state index contributed by atoms with van der Waals surface area (Å²) >= 11 is 0. The van der Waals surface area contributed by atoms with Crippen LogP contribution in [0, 0.1) is 11.3 Å². The van der Waals surface area contributed by atoms with E-state index in [0.29, 0.717) is 25.8 Å². The largest absolute Gasteiger partial charge is 0.463 e. The third-order valence-electron chi connectivity index (χ3n) is 6.87. The first-order valence-electron chi connectivity index (χ1n) is 16.8. The Morgan fingerprint density at radius 3 is 2.14 bits per heavy atom. The molecular formula is C32H55N4O12P. The summed E-state index contributed by atoms with van der Waals surface area (Å²) in [6, 6.07) is 1.04. The van der Waals surface area contributed by atoms with E-state index in [4.69, 9.17) is 38.0 Å². The molecule has 1 rings (SSSR count). The molecule has 1 saturated heterocycles. The Hall–Kier alpha value is -2.93. The fourth-order valence-electron chi connectivity index (χ4n) is 4.87. The second-order valence-electron chi connectivity index (χ2n) is 11.6.